The zero-order chi connectivity index (χ0) is 12.3. The van der Waals surface area contributed by atoms with Crippen LogP contribution in [0, 0.1) is 11.7 Å². The smallest absolute Gasteiger partial charge is 0.154 e. The maximum Gasteiger partial charge on any atom is 0.154 e. The zero-order valence-electron chi connectivity index (χ0n) is 9.34. The second kappa shape index (κ2) is 5.41. The Labute approximate surface area is 99.6 Å². The molecule has 0 saturated carbocycles. The molecule has 4 heteroatoms. The number of hydrogen-bond donors (Lipinski definition) is 1. The van der Waals surface area contributed by atoms with Crippen LogP contribution in [0.15, 0.2) is 18.2 Å². The standard InChI is InChI=1S/C12H15ClFNO/c1-7(2)12(15)11(16)6-8-9(13)4-3-5-10(8)14/h3-5,7,12H,6,15H2,1-2H3. The molecule has 0 aromatic heterocycles. The number of carbonyl (C=O) groups is 1. The van der Waals surface area contributed by atoms with Crippen molar-refractivity contribution in [2.45, 2.75) is 26.3 Å². The number of carbonyl (C=O) groups excluding carboxylic acids is 1. The Hall–Kier alpha value is -0.930. The molecule has 0 bridgehead atoms. The van der Waals surface area contributed by atoms with Crippen molar-refractivity contribution in [3.8, 4) is 0 Å². The molecule has 1 rings (SSSR count). The average Bonchev–Trinajstić information content (AvgIpc) is 2.22. The third kappa shape index (κ3) is 3.03. The SMILES string of the molecule is CC(C)C(N)C(=O)Cc1c(F)cccc1Cl. The summed E-state index contributed by atoms with van der Waals surface area (Å²) in [4.78, 5) is 11.7. The van der Waals surface area contributed by atoms with Crippen molar-refractivity contribution >= 4 is 17.4 Å². The van der Waals surface area contributed by atoms with Crippen LogP contribution in [0.5, 0.6) is 0 Å². The molecule has 1 aromatic rings. The largest absolute Gasteiger partial charge is 0.321 e. The maximum absolute atomic E-state index is 13.4. The van der Waals surface area contributed by atoms with Crippen LogP contribution in [0.3, 0.4) is 0 Å². The lowest BCUT2D eigenvalue weighted by Crippen LogP contribution is -2.36. The first-order valence-corrected chi connectivity index (χ1v) is 5.52. The van der Waals surface area contributed by atoms with Crippen molar-refractivity contribution < 1.29 is 9.18 Å². The summed E-state index contributed by atoms with van der Waals surface area (Å²) in [5.41, 5.74) is 5.92. The van der Waals surface area contributed by atoms with E-state index in [0.717, 1.165) is 0 Å². The summed E-state index contributed by atoms with van der Waals surface area (Å²) < 4.78 is 13.4. The molecule has 0 aliphatic rings. The first kappa shape index (κ1) is 13.1. The fourth-order valence-electron chi connectivity index (χ4n) is 1.37. The van der Waals surface area contributed by atoms with Crippen LogP contribution in [0.4, 0.5) is 4.39 Å². The zero-order valence-corrected chi connectivity index (χ0v) is 10.1. The minimum Gasteiger partial charge on any atom is -0.321 e. The number of halogens is 2. The summed E-state index contributed by atoms with van der Waals surface area (Å²) >= 11 is 5.82. The van der Waals surface area contributed by atoms with Gasteiger partial charge in [0.1, 0.15) is 5.82 Å². The van der Waals surface area contributed by atoms with Crippen LogP contribution < -0.4 is 5.73 Å². The third-order valence-electron chi connectivity index (χ3n) is 2.50. The molecule has 1 aromatic carbocycles. The van der Waals surface area contributed by atoms with E-state index in [2.05, 4.69) is 0 Å². The van der Waals surface area contributed by atoms with E-state index in [-0.39, 0.29) is 28.7 Å². The van der Waals surface area contributed by atoms with Gasteiger partial charge in [-0.05, 0) is 18.1 Å². The van der Waals surface area contributed by atoms with Gasteiger partial charge >= 0.3 is 0 Å². The molecule has 1 atom stereocenters. The maximum atomic E-state index is 13.4. The van der Waals surface area contributed by atoms with Gasteiger partial charge in [0.05, 0.1) is 6.04 Å². The molecule has 0 spiro atoms. The predicted octanol–water partition coefficient (Wildman–Crippen LogP) is 2.57. The molecule has 2 N–H and O–H groups in total. The van der Waals surface area contributed by atoms with Crippen LogP contribution in [0.1, 0.15) is 19.4 Å². The number of ketones is 1. The summed E-state index contributed by atoms with van der Waals surface area (Å²) in [7, 11) is 0. The average molecular weight is 244 g/mol. The fraction of sp³-hybridized carbons (Fsp3) is 0.417. The van der Waals surface area contributed by atoms with Crippen LogP contribution in [-0.2, 0) is 11.2 Å². The van der Waals surface area contributed by atoms with Crippen molar-refractivity contribution in [1.82, 2.24) is 0 Å². The number of rotatable bonds is 4. The van der Waals surface area contributed by atoms with E-state index >= 15 is 0 Å². The number of nitrogens with two attached hydrogens (primary N) is 1. The Bertz CT molecular complexity index is 372. The molecule has 2 nitrogen and oxygen atoms in total. The molecule has 0 heterocycles. The summed E-state index contributed by atoms with van der Waals surface area (Å²) in [6.45, 7) is 3.71. The lowest BCUT2D eigenvalue weighted by Gasteiger charge is -2.14. The molecule has 0 saturated heterocycles. The molecular weight excluding hydrogens is 229 g/mol. The molecular formula is C12H15ClFNO. The van der Waals surface area contributed by atoms with Crippen LogP contribution >= 0.6 is 11.6 Å². The van der Waals surface area contributed by atoms with Crippen LogP contribution in [0.2, 0.25) is 5.02 Å². The fourth-order valence-corrected chi connectivity index (χ4v) is 1.59. The Morgan fingerprint density at radius 3 is 2.62 bits per heavy atom. The summed E-state index contributed by atoms with van der Waals surface area (Å²) in [5, 5.41) is 0.268. The van der Waals surface area contributed by atoms with Gasteiger partial charge in [-0.1, -0.05) is 31.5 Å². The molecule has 0 aliphatic carbocycles. The minimum atomic E-state index is -0.573. The third-order valence-corrected chi connectivity index (χ3v) is 2.86. The van der Waals surface area contributed by atoms with Gasteiger partial charge in [-0.25, -0.2) is 4.39 Å². The van der Waals surface area contributed by atoms with Crippen molar-refractivity contribution in [3.05, 3.63) is 34.6 Å². The highest BCUT2D eigenvalue weighted by molar-refractivity contribution is 6.31. The van der Waals surface area contributed by atoms with E-state index in [1.807, 2.05) is 13.8 Å². The number of Topliss-reactive ketones (excluding diaryl/α,β-unsaturated/α-hetero) is 1. The number of hydrogen-bond acceptors (Lipinski definition) is 2. The Kier molecular flexibility index (Phi) is 4.44. The van der Waals surface area contributed by atoms with Gasteiger partial charge in [-0.2, -0.15) is 0 Å². The van der Waals surface area contributed by atoms with Gasteiger partial charge in [0, 0.05) is 17.0 Å². The van der Waals surface area contributed by atoms with Gasteiger partial charge in [-0.15, -0.1) is 0 Å². The van der Waals surface area contributed by atoms with E-state index in [4.69, 9.17) is 17.3 Å². The summed E-state index contributed by atoms with van der Waals surface area (Å²) in [6, 6.07) is 3.79. The summed E-state index contributed by atoms with van der Waals surface area (Å²) in [5.74, 6) is -0.614. The van der Waals surface area contributed by atoms with E-state index in [9.17, 15) is 9.18 Å². The van der Waals surface area contributed by atoms with E-state index in [1.165, 1.54) is 12.1 Å². The lowest BCUT2D eigenvalue weighted by molar-refractivity contribution is -0.120. The topological polar surface area (TPSA) is 43.1 Å². The first-order chi connectivity index (χ1) is 7.43. The normalized spacial score (nSPS) is 12.9. The van der Waals surface area contributed by atoms with Gasteiger partial charge in [0.15, 0.2) is 5.78 Å². The molecule has 0 amide bonds. The second-order valence-electron chi connectivity index (χ2n) is 4.11. The van der Waals surface area contributed by atoms with Crippen LogP contribution in [-0.4, -0.2) is 11.8 Å². The molecule has 88 valence electrons. The minimum absolute atomic E-state index is 0.0399. The van der Waals surface area contributed by atoms with Crippen molar-refractivity contribution in [3.63, 3.8) is 0 Å². The molecule has 0 radical (unpaired) electrons. The van der Waals surface area contributed by atoms with Gasteiger partial charge in [0.2, 0.25) is 0 Å². The Balaban J connectivity index is 2.85. The highest BCUT2D eigenvalue weighted by atomic mass is 35.5. The highest BCUT2D eigenvalue weighted by Crippen LogP contribution is 2.20. The predicted molar refractivity (Wildman–Crippen MR) is 62.9 cm³/mol. The van der Waals surface area contributed by atoms with Gasteiger partial charge < -0.3 is 5.73 Å². The Morgan fingerprint density at radius 2 is 2.12 bits per heavy atom. The van der Waals surface area contributed by atoms with Crippen molar-refractivity contribution in [1.29, 1.82) is 0 Å². The van der Waals surface area contributed by atoms with Crippen molar-refractivity contribution in [2.24, 2.45) is 11.7 Å². The molecule has 0 fully saturated rings. The summed E-state index contributed by atoms with van der Waals surface area (Å²) in [6.07, 6.45) is -0.0507. The lowest BCUT2D eigenvalue weighted by atomic mass is 9.96. The monoisotopic (exact) mass is 243 g/mol. The quantitative estimate of drug-likeness (QED) is 0.883. The van der Waals surface area contributed by atoms with Gasteiger partial charge in [-0.3, -0.25) is 4.79 Å². The van der Waals surface area contributed by atoms with E-state index in [0.29, 0.717) is 0 Å². The van der Waals surface area contributed by atoms with E-state index < -0.39 is 11.9 Å². The van der Waals surface area contributed by atoms with Gasteiger partial charge in [0.25, 0.3) is 0 Å². The van der Waals surface area contributed by atoms with Crippen LogP contribution in [0.25, 0.3) is 0 Å². The van der Waals surface area contributed by atoms with Crippen molar-refractivity contribution in [2.75, 3.05) is 0 Å². The molecule has 0 aliphatic heterocycles. The molecule has 1 unspecified atom stereocenters. The molecule has 16 heavy (non-hydrogen) atoms. The highest BCUT2D eigenvalue weighted by Gasteiger charge is 2.20. The van der Waals surface area contributed by atoms with E-state index in [1.54, 1.807) is 6.07 Å². The first-order valence-electron chi connectivity index (χ1n) is 5.14. The Morgan fingerprint density at radius 1 is 1.50 bits per heavy atom. The second-order valence-corrected chi connectivity index (χ2v) is 4.52. The number of benzene rings is 1.